The van der Waals surface area contributed by atoms with Crippen molar-refractivity contribution in [2.45, 2.75) is 62.4 Å². The van der Waals surface area contributed by atoms with Gasteiger partial charge >= 0.3 is 10.1 Å². The smallest absolute Gasteiger partial charge is 0.297 e. The highest BCUT2D eigenvalue weighted by Gasteiger charge is 2.53. The van der Waals surface area contributed by atoms with E-state index in [0.29, 0.717) is 12.3 Å². The molecule has 6 heteroatoms. The van der Waals surface area contributed by atoms with Gasteiger partial charge in [-0.05, 0) is 38.3 Å². The molecule has 1 aliphatic carbocycles. The second-order valence-corrected chi connectivity index (χ2v) is 8.82. The van der Waals surface area contributed by atoms with Crippen molar-refractivity contribution < 1.29 is 22.1 Å². The van der Waals surface area contributed by atoms with Gasteiger partial charge in [0.05, 0.1) is 4.90 Å². The number of fused-ring (bicyclic) bond motifs is 1. The first kappa shape index (κ1) is 17.6. The maximum Gasteiger partial charge on any atom is 0.342 e. The number of quaternary nitrogens is 1. The number of likely N-dealkylation sites (N-methyl/N-ethyl adjacent to an activating group) is 1. The predicted octanol–water partition coefficient (Wildman–Crippen LogP) is 2.98. The molecule has 2 aliphatic rings. The summed E-state index contributed by atoms with van der Waals surface area (Å²) in [6.45, 7) is 1.91. The number of hydroxylamine groups is 3. The van der Waals surface area contributed by atoms with Crippen LogP contribution in [0.2, 0.25) is 0 Å². The minimum Gasteiger partial charge on any atom is -0.297 e. The van der Waals surface area contributed by atoms with Gasteiger partial charge in [0.2, 0.25) is 0 Å². The molecule has 0 aromatic heterocycles. The van der Waals surface area contributed by atoms with Crippen LogP contribution in [0, 0.1) is 12.8 Å². The maximum absolute atomic E-state index is 12.8. The van der Waals surface area contributed by atoms with E-state index in [1.54, 1.807) is 31.3 Å². The molecule has 0 spiro atoms. The van der Waals surface area contributed by atoms with Crippen molar-refractivity contribution in [3.05, 3.63) is 29.8 Å². The summed E-state index contributed by atoms with van der Waals surface area (Å²) in [5, 5.41) is 0. The van der Waals surface area contributed by atoms with Crippen molar-refractivity contribution in [2.24, 2.45) is 5.92 Å². The molecule has 0 N–H and O–H groups in total. The van der Waals surface area contributed by atoms with Crippen LogP contribution in [-0.2, 0) is 19.2 Å². The van der Waals surface area contributed by atoms with Crippen LogP contribution in [0.5, 0.6) is 0 Å². The summed E-state index contributed by atoms with van der Waals surface area (Å²) < 4.78 is 31.2. The van der Waals surface area contributed by atoms with E-state index in [2.05, 4.69) is 0 Å². The van der Waals surface area contributed by atoms with E-state index in [1.807, 2.05) is 6.92 Å². The van der Waals surface area contributed by atoms with Gasteiger partial charge in [-0.3, -0.25) is 4.79 Å². The molecular weight excluding hydrogens is 326 g/mol. The third-order valence-corrected chi connectivity index (χ3v) is 7.11. The Balaban J connectivity index is 1.93. The summed E-state index contributed by atoms with van der Waals surface area (Å²) in [5.41, 5.74) is 0.991. The Morgan fingerprint density at radius 1 is 1.08 bits per heavy atom. The van der Waals surface area contributed by atoms with Crippen molar-refractivity contribution in [1.29, 1.82) is 0 Å². The van der Waals surface area contributed by atoms with Crippen molar-refractivity contribution in [2.75, 3.05) is 7.05 Å². The molecule has 132 valence electrons. The van der Waals surface area contributed by atoms with Gasteiger partial charge in [-0.25, -0.2) is 0 Å². The molecule has 1 aromatic carbocycles. The zero-order valence-electron chi connectivity index (χ0n) is 14.3. The molecule has 1 saturated heterocycles. The Hall–Kier alpha value is -1.24. The van der Waals surface area contributed by atoms with E-state index < -0.39 is 16.2 Å². The largest absolute Gasteiger partial charge is 0.342 e. The number of aldehydes is 1. The van der Waals surface area contributed by atoms with E-state index in [0.717, 1.165) is 37.5 Å². The third kappa shape index (κ3) is 3.15. The Morgan fingerprint density at radius 2 is 1.75 bits per heavy atom. The van der Waals surface area contributed by atoms with Gasteiger partial charge in [0.25, 0.3) is 0 Å². The van der Waals surface area contributed by atoms with E-state index in [9.17, 15) is 13.2 Å². The highest BCUT2D eigenvalue weighted by Crippen LogP contribution is 2.42. The highest BCUT2D eigenvalue weighted by molar-refractivity contribution is 7.86. The van der Waals surface area contributed by atoms with Crippen LogP contribution in [0.25, 0.3) is 0 Å². The van der Waals surface area contributed by atoms with Gasteiger partial charge in [-0.2, -0.15) is 13.1 Å². The lowest BCUT2D eigenvalue weighted by molar-refractivity contribution is -1.10. The average Bonchev–Trinajstić information content (AvgIpc) is 2.55. The zero-order valence-corrected chi connectivity index (χ0v) is 15.2. The van der Waals surface area contributed by atoms with Gasteiger partial charge < -0.3 is 0 Å². The van der Waals surface area contributed by atoms with Crippen LogP contribution in [0.1, 0.15) is 44.1 Å². The second kappa shape index (κ2) is 6.58. The fourth-order valence-corrected chi connectivity index (χ4v) is 5.55. The van der Waals surface area contributed by atoms with Gasteiger partial charge in [0.15, 0.2) is 12.3 Å². The number of carbonyl (C=O) groups is 1. The predicted molar refractivity (Wildman–Crippen MR) is 90.5 cm³/mol. The minimum atomic E-state index is -3.92. The summed E-state index contributed by atoms with van der Waals surface area (Å²) in [5.74, 6) is 0.438. The molecule has 4 unspecified atom stereocenters. The number of hydrogen-bond donors (Lipinski definition) is 0. The molecule has 1 aromatic rings. The third-order valence-electron chi connectivity index (χ3n) is 5.74. The second-order valence-electron chi connectivity index (χ2n) is 7.29. The number of hydrogen-bond acceptors (Lipinski definition) is 4. The van der Waals surface area contributed by atoms with Crippen molar-refractivity contribution >= 4 is 16.4 Å². The first-order chi connectivity index (χ1) is 11.4. The molecule has 0 amide bonds. The molecule has 3 rings (SSSR count). The monoisotopic (exact) mass is 352 g/mol. The van der Waals surface area contributed by atoms with Crippen LogP contribution in [0.4, 0.5) is 0 Å². The summed E-state index contributed by atoms with van der Waals surface area (Å²) in [4.78, 5) is 11.8. The Labute approximate surface area is 144 Å². The van der Waals surface area contributed by atoms with Crippen LogP contribution >= 0.6 is 0 Å². The minimum absolute atomic E-state index is 0.0722. The molecule has 1 aliphatic heterocycles. The SMILES string of the molecule is Cc1ccc(S(=O)(=O)O[N+]2(C)C(C=O)CCC3CCCCC32)cc1. The normalized spacial score (nSPS) is 33.7. The van der Waals surface area contributed by atoms with E-state index in [1.165, 1.54) is 6.42 Å². The lowest BCUT2D eigenvalue weighted by atomic mass is 9.76. The number of aryl methyl sites for hydroxylation is 1. The van der Waals surface area contributed by atoms with Crippen LogP contribution < -0.4 is 0 Å². The maximum atomic E-state index is 12.8. The number of piperidine rings is 1. The van der Waals surface area contributed by atoms with E-state index in [4.69, 9.17) is 4.28 Å². The Morgan fingerprint density at radius 3 is 2.42 bits per heavy atom. The summed E-state index contributed by atoms with van der Waals surface area (Å²) >= 11 is 0. The first-order valence-corrected chi connectivity index (χ1v) is 10.1. The van der Waals surface area contributed by atoms with Crippen molar-refractivity contribution in [3.8, 4) is 0 Å². The lowest BCUT2D eigenvalue weighted by Gasteiger charge is -2.49. The topological polar surface area (TPSA) is 60.4 Å². The zero-order chi connectivity index (χ0) is 17.4. The van der Waals surface area contributed by atoms with Crippen LogP contribution in [0.3, 0.4) is 0 Å². The lowest BCUT2D eigenvalue weighted by Crippen LogP contribution is -2.65. The molecule has 24 heavy (non-hydrogen) atoms. The average molecular weight is 352 g/mol. The van der Waals surface area contributed by atoms with Crippen molar-refractivity contribution in [1.82, 2.24) is 0 Å². The van der Waals surface area contributed by atoms with Crippen molar-refractivity contribution in [3.63, 3.8) is 0 Å². The number of likely N-dealkylation sites (tertiary alicyclic amines) is 1. The highest BCUT2D eigenvalue weighted by atomic mass is 32.2. The standard InChI is InChI=1S/C18H26NO4S/c1-14-7-11-17(12-8-14)24(21,22)23-19(2)16(13-20)10-9-15-5-3-4-6-18(15)19/h7-8,11-13,15-16,18H,3-6,9-10H2,1-2H3/q+1. The number of carbonyl (C=O) groups excluding carboxylic acids is 1. The molecular formula is C18H26NO4S+. The number of rotatable bonds is 4. The van der Waals surface area contributed by atoms with Gasteiger partial charge in [0, 0.05) is 18.8 Å². The number of nitrogens with zero attached hydrogens (tertiary/aromatic N) is 1. The molecule has 1 heterocycles. The molecule has 5 nitrogen and oxygen atoms in total. The van der Waals surface area contributed by atoms with Gasteiger partial charge in [-0.1, -0.05) is 28.4 Å². The molecule has 0 radical (unpaired) electrons. The Kier molecular flexibility index (Phi) is 4.82. The molecule has 4 atom stereocenters. The molecule has 1 saturated carbocycles. The van der Waals surface area contributed by atoms with E-state index in [-0.39, 0.29) is 15.6 Å². The van der Waals surface area contributed by atoms with Gasteiger partial charge in [0.1, 0.15) is 13.1 Å². The first-order valence-electron chi connectivity index (χ1n) is 8.71. The number of benzene rings is 1. The summed E-state index contributed by atoms with van der Waals surface area (Å²) in [6.07, 6.45) is 6.79. The summed E-state index contributed by atoms with van der Waals surface area (Å²) in [6, 6.07) is 6.29. The molecule has 2 fully saturated rings. The van der Waals surface area contributed by atoms with Crippen LogP contribution in [-0.4, -0.2) is 38.5 Å². The summed E-state index contributed by atoms with van der Waals surface area (Å²) in [7, 11) is -2.14. The fourth-order valence-electron chi connectivity index (χ4n) is 4.35. The van der Waals surface area contributed by atoms with Crippen LogP contribution in [0.15, 0.2) is 29.2 Å². The Bertz CT molecular complexity index is 700. The molecule has 0 bridgehead atoms. The fraction of sp³-hybridized carbons (Fsp3) is 0.611. The van der Waals surface area contributed by atoms with Gasteiger partial charge in [-0.15, -0.1) is 0 Å². The van der Waals surface area contributed by atoms with E-state index >= 15 is 0 Å². The quantitative estimate of drug-likeness (QED) is 0.617.